The van der Waals surface area contributed by atoms with E-state index < -0.39 is 10.0 Å². The SMILES string of the molecule is Cc1c(C(=O)NCCC(C)N)cc(Br)cc1S(N)(=O)=O. The summed E-state index contributed by atoms with van der Waals surface area (Å²) in [4.78, 5) is 12.0. The van der Waals surface area contributed by atoms with Gasteiger partial charge in [0, 0.05) is 22.6 Å². The third kappa shape index (κ3) is 4.55. The lowest BCUT2D eigenvalue weighted by atomic mass is 10.1. The van der Waals surface area contributed by atoms with Crippen molar-refractivity contribution in [2.24, 2.45) is 10.9 Å². The van der Waals surface area contributed by atoms with Crippen molar-refractivity contribution in [2.75, 3.05) is 6.54 Å². The van der Waals surface area contributed by atoms with Gasteiger partial charge in [-0.15, -0.1) is 0 Å². The third-order valence-corrected chi connectivity index (χ3v) is 4.26. The van der Waals surface area contributed by atoms with Crippen LogP contribution in [0.25, 0.3) is 0 Å². The summed E-state index contributed by atoms with van der Waals surface area (Å²) < 4.78 is 23.5. The molecule has 0 saturated heterocycles. The number of amides is 1. The van der Waals surface area contributed by atoms with Crippen LogP contribution in [0.15, 0.2) is 21.5 Å². The number of benzene rings is 1. The van der Waals surface area contributed by atoms with Gasteiger partial charge in [-0.25, -0.2) is 13.6 Å². The summed E-state index contributed by atoms with van der Waals surface area (Å²) in [5, 5.41) is 7.84. The molecule has 0 aliphatic carbocycles. The van der Waals surface area contributed by atoms with Crippen LogP contribution in [0, 0.1) is 6.92 Å². The van der Waals surface area contributed by atoms with Gasteiger partial charge < -0.3 is 11.1 Å². The molecule has 0 saturated carbocycles. The second-order valence-corrected chi connectivity index (χ2v) is 7.09. The molecule has 6 nitrogen and oxygen atoms in total. The van der Waals surface area contributed by atoms with Gasteiger partial charge in [-0.05, 0) is 38.0 Å². The average Bonchev–Trinajstić information content (AvgIpc) is 2.29. The smallest absolute Gasteiger partial charge is 0.251 e. The van der Waals surface area contributed by atoms with E-state index in [9.17, 15) is 13.2 Å². The lowest BCUT2D eigenvalue weighted by Crippen LogP contribution is -2.29. The quantitative estimate of drug-likeness (QED) is 0.719. The summed E-state index contributed by atoms with van der Waals surface area (Å²) in [5.41, 5.74) is 6.20. The maximum atomic E-state index is 12.1. The maximum Gasteiger partial charge on any atom is 0.251 e. The molecule has 5 N–H and O–H groups in total. The largest absolute Gasteiger partial charge is 0.352 e. The Bertz CT molecular complexity index is 615. The van der Waals surface area contributed by atoms with Gasteiger partial charge in [0.1, 0.15) is 0 Å². The van der Waals surface area contributed by atoms with Crippen molar-refractivity contribution < 1.29 is 13.2 Å². The standard InChI is InChI=1S/C12H18BrN3O3S/c1-7(14)3-4-16-12(17)10-5-9(13)6-11(8(10)2)20(15,18)19/h5-7H,3-4,14H2,1-2H3,(H,16,17)(H2,15,18,19). The zero-order valence-corrected chi connectivity index (χ0v) is 13.7. The Balaban J connectivity index is 3.07. The molecule has 0 aliphatic heterocycles. The molecule has 1 atom stereocenters. The van der Waals surface area contributed by atoms with Gasteiger partial charge in [0.05, 0.1) is 4.90 Å². The second-order valence-electron chi connectivity index (χ2n) is 4.64. The number of nitrogens with one attached hydrogen (secondary N) is 1. The van der Waals surface area contributed by atoms with Gasteiger partial charge in [0.15, 0.2) is 0 Å². The first-order chi connectivity index (χ1) is 9.12. The number of carbonyl (C=O) groups is 1. The Labute approximate surface area is 127 Å². The number of hydrogen-bond donors (Lipinski definition) is 3. The summed E-state index contributed by atoms with van der Waals surface area (Å²) in [6.45, 7) is 3.81. The molecule has 112 valence electrons. The summed E-state index contributed by atoms with van der Waals surface area (Å²) in [6.07, 6.45) is 0.640. The van der Waals surface area contributed by atoms with Crippen LogP contribution < -0.4 is 16.2 Å². The number of sulfonamides is 1. The molecule has 0 bridgehead atoms. The Hall–Kier alpha value is -0.960. The van der Waals surface area contributed by atoms with E-state index in [1.807, 2.05) is 6.92 Å². The highest BCUT2D eigenvalue weighted by Gasteiger charge is 2.19. The minimum atomic E-state index is -3.88. The van der Waals surface area contributed by atoms with Crippen LogP contribution in [0.3, 0.4) is 0 Å². The highest BCUT2D eigenvalue weighted by Crippen LogP contribution is 2.24. The fourth-order valence-corrected chi connectivity index (χ4v) is 3.13. The third-order valence-electron chi connectivity index (χ3n) is 2.76. The molecule has 1 amide bonds. The summed E-state index contributed by atoms with van der Waals surface area (Å²) in [6, 6.07) is 2.92. The number of carbonyl (C=O) groups excluding carboxylic acids is 1. The first-order valence-electron chi connectivity index (χ1n) is 5.99. The summed E-state index contributed by atoms with van der Waals surface area (Å²) in [5.74, 6) is -0.352. The van der Waals surface area contributed by atoms with Crippen molar-refractivity contribution in [1.29, 1.82) is 0 Å². The molecule has 1 aromatic rings. The van der Waals surface area contributed by atoms with E-state index in [-0.39, 0.29) is 22.4 Å². The molecule has 1 unspecified atom stereocenters. The number of nitrogens with two attached hydrogens (primary N) is 2. The van der Waals surface area contributed by atoms with Crippen LogP contribution in [-0.2, 0) is 10.0 Å². The highest BCUT2D eigenvalue weighted by molar-refractivity contribution is 9.10. The van der Waals surface area contributed by atoms with Crippen molar-refractivity contribution in [3.05, 3.63) is 27.7 Å². The summed E-state index contributed by atoms with van der Waals surface area (Å²) >= 11 is 3.18. The number of halogens is 1. The fraction of sp³-hybridized carbons (Fsp3) is 0.417. The minimum absolute atomic E-state index is 0.0149. The zero-order chi connectivity index (χ0) is 15.5. The Morgan fingerprint density at radius 3 is 2.55 bits per heavy atom. The molecule has 8 heteroatoms. The average molecular weight is 364 g/mol. The number of primary sulfonamides is 1. The van der Waals surface area contributed by atoms with Crippen molar-refractivity contribution in [3.8, 4) is 0 Å². The Morgan fingerprint density at radius 1 is 1.45 bits per heavy atom. The molecule has 1 aromatic carbocycles. The van der Waals surface area contributed by atoms with Crippen LogP contribution >= 0.6 is 15.9 Å². The van der Waals surface area contributed by atoms with Gasteiger partial charge in [-0.3, -0.25) is 4.79 Å². The minimum Gasteiger partial charge on any atom is -0.352 e. The van der Waals surface area contributed by atoms with Gasteiger partial charge in [-0.2, -0.15) is 0 Å². The van der Waals surface area contributed by atoms with Crippen LogP contribution in [0.2, 0.25) is 0 Å². The predicted octanol–water partition coefficient (Wildman–Crippen LogP) is 0.872. The number of rotatable bonds is 5. The van der Waals surface area contributed by atoms with E-state index in [0.717, 1.165) is 0 Å². The zero-order valence-electron chi connectivity index (χ0n) is 11.3. The second kappa shape index (κ2) is 6.66. The van der Waals surface area contributed by atoms with Crippen molar-refractivity contribution in [3.63, 3.8) is 0 Å². The fourth-order valence-electron chi connectivity index (χ4n) is 1.69. The van der Waals surface area contributed by atoms with Crippen molar-refractivity contribution in [1.82, 2.24) is 5.32 Å². The van der Waals surface area contributed by atoms with Gasteiger partial charge >= 0.3 is 0 Å². The molecular formula is C12H18BrN3O3S. The van der Waals surface area contributed by atoms with E-state index in [1.54, 1.807) is 13.0 Å². The predicted molar refractivity (Wildman–Crippen MR) is 80.9 cm³/mol. The molecule has 0 aromatic heterocycles. The lowest BCUT2D eigenvalue weighted by molar-refractivity contribution is 0.0952. The maximum absolute atomic E-state index is 12.1. The highest BCUT2D eigenvalue weighted by atomic mass is 79.9. The molecule has 0 spiro atoms. The molecule has 0 radical (unpaired) electrons. The van der Waals surface area contributed by atoms with E-state index in [1.165, 1.54) is 6.07 Å². The van der Waals surface area contributed by atoms with Crippen LogP contribution in [0.4, 0.5) is 0 Å². The van der Waals surface area contributed by atoms with Crippen molar-refractivity contribution >= 4 is 31.9 Å². The van der Waals surface area contributed by atoms with Gasteiger partial charge in [-0.1, -0.05) is 15.9 Å². The van der Waals surface area contributed by atoms with E-state index in [0.29, 0.717) is 23.0 Å². The first kappa shape index (κ1) is 17.1. The molecule has 0 fully saturated rings. The molecule has 0 heterocycles. The molecule has 1 rings (SSSR count). The van der Waals surface area contributed by atoms with Crippen LogP contribution in [-0.4, -0.2) is 26.9 Å². The molecular weight excluding hydrogens is 346 g/mol. The summed E-state index contributed by atoms with van der Waals surface area (Å²) in [7, 11) is -3.88. The molecule has 20 heavy (non-hydrogen) atoms. The van der Waals surface area contributed by atoms with E-state index in [2.05, 4.69) is 21.2 Å². The normalized spacial score (nSPS) is 13.1. The Kier molecular flexibility index (Phi) is 5.69. The van der Waals surface area contributed by atoms with Crippen LogP contribution in [0.1, 0.15) is 29.3 Å². The molecule has 0 aliphatic rings. The van der Waals surface area contributed by atoms with Crippen LogP contribution in [0.5, 0.6) is 0 Å². The van der Waals surface area contributed by atoms with Gasteiger partial charge in [0.2, 0.25) is 10.0 Å². The van der Waals surface area contributed by atoms with Crippen molar-refractivity contribution in [2.45, 2.75) is 31.2 Å². The monoisotopic (exact) mass is 363 g/mol. The lowest BCUT2D eigenvalue weighted by Gasteiger charge is -2.12. The Morgan fingerprint density at radius 2 is 2.05 bits per heavy atom. The van der Waals surface area contributed by atoms with Gasteiger partial charge in [0.25, 0.3) is 5.91 Å². The van der Waals surface area contributed by atoms with E-state index >= 15 is 0 Å². The number of hydrogen-bond acceptors (Lipinski definition) is 4. The first-order valence-corrected chi connectivity index (χ1v) is 8.33. The van der Waals surface area contributed by atoms with E-state index in [4.69, 9.17) is 10.9 Å². The topological polar surface area (TPSA) is 115 Å².